The van der Waals surface area contributed by atoms with Gasteiger partial charge in [0.25, 0.3) is 5.56 Å². The largest absolute Gasteiger partial charge is 0.493 e. The van der Waals surface area contributed by atoms with Crippen LogP contribution >= 0.6 is 0 Å². The van der Waals surface area contributed by atoms with E-state index in [9.17, 15) is 9.59 Å². The minimum Gasteiger partial charge on any atom is -0.493 e. The Morgan fingerprint density at radius 3 is 2.63 bits per heavy atom. The topological polar surface area (TPSA) is 95.3 Å². The number of benzene rings is 2. The van der Waals surface area contributed by atoms with E-state index in [1.165, 1.54) is 0 Å². The maximum Gasteiger partial charge on any atom is 0.278 e. The highest BCUT2D eigenvalue weighted by atomic mass is 16.5. The summed E-state index contributed by atoms with van der Waals surface area (Å²) < 4.78 is 11.5. The van der Waals surface area contributed by atoms with E-state index in [2.05, 4.69) is 15.6 Å². The lowest BCUT2D eigenvalue weighted by molar-refractivity contribution is -0.124. The first kappa shape index (κ1) is 18.4. The maximum absolute atomic E-state index is 12.6. The van der Waals surface area contributed by atoms with Gasteiger partial charge in [-0.2, -0.15) is 4.68 Å². The third-order valence-corrected chi connectivity index (χ3v) is 4.25. The van der Waals surface area contributed by atoms with E-state index >= 15 is 0 Å². The minimum absolute atomic E-state index is 0.277. The molecular formula is C19H20N4O4. The summed E-state index contributed by atoms with van der Waals surface area (Å²) in [6, 6.07) is 11.5. The lowest BCUT2D eigenvalue weighted by atomic mass is 10.2. The van der Waals surface area contributed by atoms with Crippen molar-refractivity contribution < 1.29 is 14.3 Å². The van der Waals surface area contributed by atoms with Gasteiger partial charge in [0.2, 0.25) is 5.91 Å². The number of nitrogens with zero attached hydrogens (tertiary/aromatic N) is 3. The van der Waals surface area contributed by atoms with Crippen molar-refractivity contribution in [3.63, 3.8) is 0 Å². The molecule has 0 saturated heterocycles. The first-order valence-electron chi connectivity index (χ1n) is 8.38. The molecule has 140 valence electrons. The molecule has 1 heterocycles. The van der Waals surface area contributed by atoms with Crippen molar-refractivity contribution >= 4 is 16.8 Å². The zero-order valence-corrected chi connectivity index (χ0v) is 15.3. The first-order valence-corrected chi connectivity index (χ1v) is 8.38. The third kappa shape index (κ3) is 3.74. The molecule has 2 aromatic carbocycles. The second-order valence-electron chi connectivity index (χ2n) is 5.94. The summed E-state index contributed by atoms with van der Waals surface area (Å²) in [6.07, 6.45) is 0. The number of rotatable bonds is 6. The average molecular weight is 368 g/mol. The highest BCUT2D eigenvalue weighted by molar-refractivity contribution is 5.81. The van der Waals surface area contributed by atoms with E-state index in [0.717, 1.165) is 10.2 Å². The molecule has 1 amide bonds. The van der Waals surface area contributed by atoms with Gasteiger partial charge >= 0.3 is 0 Å². The second-order valence-corrected chi connectivity index (χ2v) is 5.94. The summed E-state index contributed by atoms with van der Waals surface area (Å²) in [5, 5.41) is 11.1. The number of aromatic nitrogens is 3. The van der Waals surface area contributed by atoms with Gasteiger partial charge in [0, 0.05) is 6.54 Å². The van der Waals surface area contributed by atoms with Crippen molar-refractivity contribution in [2.24, 2.45) is 0 Å². The van der Waals surface area contributed by atoms with Gasteiger partial charge < -0.3 is 14.8 Å². The van der Waals surface area contributed by atoms with E-state index in [0.29, 0.717) is 22.4 Å². The van der Waals surface area contributed by atoms with Crippen molar-refractivity contribution in [2.45, 2.75) is 19.5 Å². The number of methoxy groups -OCH3 is 2. The zero-order chi connectivity index (χ0) is 19.4. The van der Waals surface area contributed by atoms with Crippen molar-refractivity contribution in [3.8, 4) is 11.5 Å². The molecule has 0 bridgehead atoms. The fraction of sp³-hybridized carbons (Fsp3) is 0.263. The number of nitrogens with one attached hydrogen (secondary N) is 1. The Labute approximate surface area is 155 Å². The van der Waals surface area contributed by atoms with Gasteiger partial charge in [-0.05, 0) is 36.8 Å². The zero-order valence-electron chi connectivity index (χ0n) is 15.3. The van der Waals surface area contributed by atoms with Crippen LogP contribution in [0.1, 0.15) is 18.5 Å². The molecule has 0 aliphatic rings. The summed E-state index contributed by atoms with van der Waals surface area (Å²) in [5.74, 6) is 0.851. The number of ether oxygens (including phenoxy) is 2. The van der Waals surface area contributed by atoms with Crippen LogP contribution in [0, 0.1) is 0 Å². The molecule has 0 saturated carbocycles. The van der Waals surface area contributed by atoms with Crippen molar-refractivity contribution in [2.75, 3.05) is 14.2 Å². The molecule has 0 fully saturated rings. The van der Waals surface area contributed by atoms with E-state index < -0.39 is 6.04 Å². The lowest BCUT2D eigenvalue weighted by Crippen LogP contribution is -2.37. The summed E-state index contributed by atoms with van der Waals surface area (Å²) in [7, 11) is 3.11. The summed E-state index contributed by atoms with van der Waals surface area (Å²) >= 11 is 0. The fourth-order valence-corrected chi connectivity index (χ4v) is 2.69. The van der Waals surface area contributed by atoms with Crippen LogP contribution in [-0.2, 0) is 11.3 Å². The molecule has 27 heavy (non-hydrogen) atoms. The molecule has 8 nitrogen and oxygen atoms in total. The average Bonchev–Trinajstić information content (AvgIpc) is 2.71. The number of fused-ring (bicyclic) bond motifs is 1. The Hall–Kier alpha value is -3.42. The van der Waals surface area contributed by atoms with E-state index in [4.69, 9.17) is 9.47 Å². The predicted molar refractivity (Wildman–Crippen MR) is 99.9 cm³/mol. The van der Waals surface area contributed by atoms with Crippen LogP contribution in [0.3, 0.4) is 0 Å². The number of amides is 1. The molecule has 1 aromatic heterocycles. The quantitative estimate of drug-likeness (QED) is 0.711. The van der Waals surface area contributed by atoms with E-state index in [1.807, 2.05) is 6.07 Å². The first-order chi connectivity index (χ1) is 13.0. The fourth-order valence-electron chi connectivity index (χ4n) is 2.69. The van der Waals surface area contributed by atoms with Gasteiger partial charge in [-0.3, -0.25) is 9.59 Å². The van der Waals surface area contributed by atoms with Crippen LogP contribution in [0.4, 0.5) is 0 Å². The van der Waals surface area contributed by atoms with Crippen molar-refractivity contribution in [1.82, 2.24) is 20.3 Å². The van der Waals surface area contributed by atoms with E-state index in [1.54, 1.807) is 57.5 Å². The molecule has 3 rings (SSSR count). The van der Waals surface area contributed by atoms with Gasteiger partial charge in [0.15, 0.2) is 11.5 Å². The Morgan fingerprint density at radius 1 is 1.15 bits per heavy atom. The highest BCUT2D eigenvalue weighted by Gasteiger charge is 2.19. The Morgan fingerprint density at radius 2 is 1.89 bits per heavy atom. The molecule has 8 heteroatoms. The summed E-state index contributed by atoms with van der Waals surface area (Å²) in [5.41, 5.74) is 0.983. The molecule has 0 aliphatic heterocycles. The lowest BCUT2D eigenvalue weighted by Gasteiger charge is -2.14. The van der Waals surface area contributed by atoms with Crippen LogP contribution < -0.4 is 20.3 Å². The normalized spacial score (nSPS) is 11.8. The number of hydrogen-bond donors (Lipinski definition) is 1. The molecule has 1 atom stereocenters. The molecule has 0 aliphatic carbocycles. The SMILES string of the molecule is COc1ccc(CNC(=O)[C@H](C)n2nnc3ccccc3c2=O)cc1OC. The second kappa shape index (κ2) is 7.86. The minimum atomic E-state index is -0.797. The Balaban J connectivity index is 1.75. The van der Waals surface area contributed by atoms with Crippen LogP contribution in [0.2, 0.25) is 0 Å². The third-order valence-electron chi connectivity index (χ3n) is 4.25. The maximum atomic E-state index is 12.6. The monoisotopic (exact) mass is 368 g/mol. The molecule has 0 radical (unpaired) electrons. The highest BCUT2D eigenvalue weighted by Crippen LogP contribution is 2.27. The molecular weight excluding hydrogens is 348 g/mol. The Bertz CT molecular complexity index is 1030. The van der Waals surface area contributed by atoms with Gasteiger partial charge in [-0.25, -0.2) is 0 Å². The van der Waals surface area contributed by atoms with Gasteiger partial charge in [-0.15, -0.1) is 5.10 Å². The van der Waals surface area contributed by atoms with Crippen LogP contribution in [-0.4, -0.2) is 35.1 Å². The molecule has 0 spiro atoms. The molecule has 1 N–H and O–H groups in total. The molecule has 3 aromatic rings. The van der Waals surface area contributed by atoms with E-state index in [-0.39, 0.29) is 18.0 Å². The number of hydrogen-bond acceptors (Lipinski definition) is 6. The van der Waals surface area contributed by atoms with Crippen LogP contribution in [0.5, 0.6) is 11.5 Å². The predicted octanol–water partition coefficient (Wildman–Crippen LogP) is 1.69. The number of carbonyl (C=O) groups is 1. The van der Waals surface area contributed by atoms with Crippen molar-refractivity contribution in [3.05, 3.63) is 58.4 Å². The van der Waals surface area contributed by atoms with Gasteiger partial charge in [0.1, 0.15) is 11.6 Å². The Kier molecular flexibility index (Phi) is 5.35. The standard InChI is InChI=1S/C19H20N4O4/c1-12(23-19(25)14-6-4-5-7-15(14)21-22-23)18(24)20-11-13-8-9-16(26-2)17(10-13)27-3/h4-10,12H,11H2,1-3H3,(H,20,24)/t12-/m0/s1. The van der Waals surface area contributed by atoms with Crippen LogP contribution in [0.25, 0.3) is 10.9 Å². The smallest absolute Gasteiger partial charge is 0.278 e. The molecule has 0 unspecified atom stereocenters. The summed E-state index contributed by atoms with van der Waals surface area (Å²) in [4.78, 5) is 25.0. The number of carbonyl (C=O) groups excluding carboxylic acids is 1. The van der Waals surface area contributed by atoms with Gasteiger partial charge in [-0.1, -0.05) is 23.4 Å². The summed E-state index contributed by atoms with van der Waals surface area (Å²) in [6.45, 7) is 1.88. The van der Waals surface area contributed by atoms with Crippen LogP contribution in [0.15, 0.2) is 47.3 Å². The van der Waals surface area contributed by atoms with Crippen molar-refractivity contribution in [1.29, 1.82) is 0 Å². The van der Waals surface area contributed by atoms with Gasteiger partial charge in [0.05, 0.1) is 19.6 Å².